The molecule has 0 saturated carbocycles. The van der Waals surface area contributed by atoms with Gasteiger partial charge < -0.3 is 10.5 Å². The van der Waals surface area contributed by atoms with Crippen molar-refractivity contribution in [2.24, 2.45) is 5.73 Å². The fourth-order valence-electron chi connectivity index (χ4n) is 1.02. The molecule has 0 atom stereocenters. The quantitative estimate of drug-likeness (QED) is 0.595. The van der Waals surface area contributed by atoms with Gasteiger partial charge in [0.05, 0.1) is 0 Å². The Labute approximate surface area is 90.2 Å². The minimum Gasteiger partial charge on any atom is -0.486 e. The Morgan fingerprint density at radius 3 is 2.79 bits per heavy atom. The van der Waals surface area contributed by atoms with Gasteiger partial charge in [0.1, 0.15) is 18.2 Å². The van der Waals surface area contributed by atoms with Crippen molar-refractivity contribution in [1.29, 1.82) is 5.41 Å². The molecule has 0 amide bonds. The van der Waals surface area contributed by atoms with E-state index in [-0.39, 0.29) is 24.8 Å². The van der Waals surface area contributed by atoms with E-state index in [0.29, 0.717) is 0 Å². The lowest BCUT2D eigenvalue weighted by atomic mass is 10.2. The van der Waals surface area contributed by atoms with E-state index in [4.69, 9.17) is 15.9 Å². The third-order valence-corrected chi connectivity index (χ3v) is 1.70. The molecule has 0 spiro atoms. The van der Waals surface area contributed by atoms with Gasteiger partial charge >= 0.3 is 0 Å². The lowest BCUT2D eigenvalue weighted by molar-refractivity contribution is 0.374. The molecule has 1 aromatic rings. The number of benzene rings is 1. The van der Waals surface area contributed by atoms with Crippen LogP contribution in [-0.4, -0.2) is 12.4 Å². The summed E-state index contributed by atoms with van der Waals surface area (Å²) in [5.41, 5.74) is 6.39. The van der Waals surface area contributed by atoms with Crippen LogP contribution in [0, 0.1) is 5.41 Å². The number of hydrogen-bond acceptors (Lipinski definition) is 2. The molecule has 0 aliphatic heterocycles. The summed E-state index contributed by atoms with van der Waals surface area (Å²) in [5.74, 6) is 0.816. The first-order valence-electron chi connectivity index (χ1n) is 4.27. The van der Waals surface area contributed by atoms with E-state index in [0.717, 1.165) is 12.2 Å². The Kier molecular flexibility index (Phi) is 5.72. The topological polar surface area (TPSA) is 59.1 Å². The predicted molar refractivity (Wildman–Crippen MR) is 60.5 cm³/mol. The number of aryl methyl sites for hydroxylation is 1. The summed E-state index contributed by atoms with van der Waals surface area (Å²) < 4.78 is 5.26. The fourth-order valence-corrected chi connectivity index (χ4v) is 1.02. The number of hydrogen-bond donors (Lipinski definition) is 2. The summed E-state index contributed by atoms with van der Waals surface area (Å²) in [5, 5.41) is 6.99. The van der Waals surface area contributed by atoms with Crippen molar-refractivity contribution in [2.75, 3.05) is 6.61 Å². The van der Waals surface area contributed by atoms with Crippen molar-refractivity contribution in [3.05, 3.63) is 29.8 Å². The van der Waals surface area contributed by atoms with E-state index in [1.807, 2.05) is 24.3 Å². The highest BCUT2D eigenvalue weighted by Crippen LogP contribution is 2.13. The number of nitrogens with one attached hydrogen (secondary N) is 1. The zero-order chi connectivity index (χ0) is 9.68. The summed E-state index contributed by atoms with van der Waals surface area (Å²) in [6.07, 6.45) is 0.983. The summed E-state index contributed by atoms with van der Waals surface area (Å²) in [6, 6.07) is 7.81. The number of rotatable bonds is 4. The number of ether oxygens (including phenoxy) is 1. The van der Waals surface area contributed by atoms with Crippen molar-refractivity contribution in [2.45, 2.75) is 13.3 Å². The molecular weight excluding hydrogens is 200 g/mol. The van der Waals surface area contributed by atoms with Gasteiger partial charge in [0.15, 0.2) is 0 Å². The predicted octanol–water partition coefficient (Wildman–Crippen LogP) is 1.99. The summed E-state index contributed by atoms with van der Waals surface area (Å²) >= 11 is 0. The largest absolute Gasteiger partial charge is 0.486 e. The molecule has 3 N–H and O–H groups in total. The molecule has 4 heteroatoms. The number of amidine groups is 1. The van der Waals surface area contributed by atoms with Crippen LogP contribution in [0.15, 0.2) is 24.3 Å². The van der Waals surface area contributed by atoms with E-state index >= 15 is 0 Å². The first kappa shape index (κ1) is 12.8. The van der Waals surface area contributed by atoms with Gasteiger partial charge in [-0.3, -0.25) is 5.41 Å². The maximum Gasteiger partial charge on any atom is 0.145 e. The fraction of sp³-hybridized carbons (Fsp3) is 0.300. The van der Waals surface area contributed by atoms with Crippen molar-refractivity contribution in [3.8, 4) is 5.75 Å². The molecular formula is C10H15ClN2O. The molecule has 0 radical (unpaired) electrons. The maximum atomic E-state index is 6.99. The second-order valence-electron chi connectivity index (χ2n) is 2.81. The van der Waals surface area contributed by atoms with Gasteiger partial charge in [0.2, 0.25) is 0 Å². The maximum absolute atomic E-state index is 6.99. The highest BCUT2D eigenvalue weighted by atomic mass is 35.5. The molecule has 1 rings (SSSR count). The smallest absolute Gasteiger partial charge is 0.145 e. The summed E-state index contributed by atoms with van der Waals surface area (Å²) in [4.78, 5) is 0. The number of nitrogens with two attached hydrogens (primary N) is 1. The molecule has 0 heterocycles. The molecule has 78 valence electrons. The Balaban J connectivity index is 0.00000169. The van der Waals surface area contributed by atoms with Crippen LogP contribution in [0.4, 0.5) is 0 Å². The molecule has 3 nitrogen and oxygen atoms in total. The van der Waals surface area contributed by atoms with Gasteiger partial charge in [-0.1, -0.05) is 19.1 Å². The molecule has 0 bridgehead atoms. The average Bonchev–Trinajstić information content (AvgIpc) is 2.15. The third kappa shape index (κ3) is 4.14. The first-order chi connectivity index (χ1) is 6.22. The van der Waals surface area contributed by atoms with Gasteiger partial charge in [-0.05, 0) is 24.1 Å². The lowest BCUT2D eigenvalue weighted by Gasteiger charge is -2.05. The van der Waals surface area contributed by atoms with Crippen molar-refractivity contribution in [1.82, 2.24) is 0 Å². The minimum absolute atomic E-state index is 0. The second kappa shape index (κ2) is 6.27. The van der Waals surface area contributed by atoms with Crippen LogP contribution < -0.4 is 10.5 Å². The zero-order valence-corrected chi connectivity index (χ0v) is 8.93. The normalized spacial score (nSPS) is 8.93. The standard InChI is InChI=1S/C10H14N2O.ClH/c1-2-8-4-3-5-9(6-8)13-7-10(11)12;/h3-6H,2,7H2,1H3,(H3,11,12);1H. The van der Waals surface area contributed by atoms with Gasteiger partial charge in [-0.15, -0.1) is 12.4 Å². The molecule has 0 saturated heterocycles. The first-order valence-corrected chi connectivity index (χ1v) is 4.27. The minimum atomic E-state index is 0. The Hall–Kier alpha value is -1.22. The molecule has 0 aromatic heterocycles. The third-order valence-electron chi connectivity index (χ3n) is 1.70. The highest BCUT2D eigenvalue weighted by Gasteiger charge is 1.95. The molecule has 0 aliphatic carbocycles. The summed E-state index contributed by atoms with van der Waals surface area (Å²) in [7, 11) is 0. The van der Waals surface area contributed by atoms with Crippen LogP contribution in [0.1, 0.15) is 12.5 Å². The van der Waals surface area contributed by atoms with Crippen LogP contribution in [-0.2, 0) is 6.42 Å². The van der Waals surface area contributed by atoms with Crippen molar-refractivity contribution < 1.29 is 4.74 Å². The highest BCUT2D eigenvalue weighted by molar-refractivity contribution is 5.85. The van der Waals surface area contributed by atoms with Gasteiger partial charge in [0, 0.05) is 0 Å². The van der Waals surface area contributed by atoms with Crippen molar-refractivity contribution in [3.63, 3.8) is 0 Å². The molecule has 1 aromatic carbocycles. The lowest BCUT2D eigenvalue weighted by Crippen LogP contribution is -2.19. The van der Waals surface area contributed by atoms with Crippen LogP contribution in [0.2, 0.25) is 0 Å². The molecule has 0 unspecified atom stereocenters. The van der Waals surface area contributed by atoms with Crippen LogP contribution in [0.3, 0.4) is 0 Å². The SMILES string of the molecule is CCc1cccc(OCC(=N)N)c1.Cl. The van der Waals surface area contributed by atoms with E-state index in [2.05, 4.69) is 6.92 Å². The number of halogens is 1. The molecule has 0 fully saturated rings. The molecule has 14 heavy (non-hydrogen) atoms. The van der Waals surface area contributed by atoms with Gasteiger partial charge in [-0.25, -0.2) is 0 Å². The van der Waals surface area contributed by atoms with Crippen LogP contribution in [0.25, 0.3) is 0 Å². The second-order valence-corrected chi connectivity index (χ2v) is 2.81. The van der Waals surface area contributed by atoms with E-state index < -0.39 is 0 Å². The molecule has 0 aliphatic rings. The Morgan fingerprint density at radius 1 is 1.50 bits per heavy atom. The van der Waals surface area contributed by atoms with Gasteiger partial charge in [0.25, 0.3) is 0 Å². The van der Waals surface area contributed by atoms with Crippen molar-refractivity contribution >= 4 is 18.2 Å². The van der Waals surface area contributed by atoms with E-state index in [9.17, 15) is 0 Å². The zero-order valence-electron chi connectivity index (χ0n) is 8.12. The Morgan fingerprint density at radius 2 is 2.21 bits per heavy atom. The van der Waals surface area contributed by atoms with Crippen LogP contribution >= 0.6 is 12.4 Å². The van der Waals surface area contributed by atoms with E-state index in [1.165, 1.54) is 5.56 Å². The summed E-state index contributed by atoms with van der Waals surface area (Å²) in [6.45, 7) is 2.25. The van der Waals surface area contributed by atoms with E-state index in [1.54, 1.807) is 0 Å². The van der Waals surface area contributed by atoms with Crippen LogP contribution in [0.5, 0.6) is 5.75 Å². The Bertz CT molecular complexity index is 302. The monoisotopic (exact) mass is 214 g/mol. The van der Waals surface area contributed by atoms with Gasteiger partial charge in [-0.2, -0.15) is 0 Å². The average molecular weight is 215 g/mol.